The van der Waals surface area contributed by atoms with Crippen molar-refractivity contribution in [2.24, 2.45) is 0 Å². The summed E-state index contributed by atoms with van der Waals surface area (Å²) in [6, 6.07) is 13.0. The van der Waals surface area contributed by atoms with Crippen LogP contribution in [-0.2, 0) is 22.5 Å². The Labute approximate surface area is 162 Å². The molecule has 4 rings (SSSR count). The van der Waals surface area contributed by atoms with Gasteiger partial charge >= 0.3 is 6.09 Å². The number of halogens is 1. The number of amides is 2. The van der Waals surface area contributed by atoms with E-state index < -0.39 is 12.2 Å². The number of nitrogens with zero attached hydrogens (tertiary/aromatic N) is 2. The second kappa shape index (κ2) is 7.50. The number of carbonyl (C=O) groups is 2. The molecular formula is C21H22FN3O3. The van der Waals surface area contributed by atoms with Gasteiger partial charge in [0.1, 0.15) is 11.9 Å². The molecule has 0 spiro atoms. The monoisotopic (exact) mass is 383 g/mol. The van der Waals surface area contributed by atoms with Gasteiger partial charge in [0.2, 0.25) is 5.91 Å². The van der Waals surface area contributed by atoms with Crippen LogP contribution in [-0.4, -0.2) is 37.7 Å². The van der Waals surface area contributed by atoms with Crippen LogP contribution in [0.15, 0.2) is 42.5 Å². The highest BCUT2D eigenvalue weighted by atomic mass is 19.1. The molecule has 1 N–H and O–H groups in total. The fourth-order valence-electron chi connectivity index (χ4n) is 3.72. The van der Waals surface area contributed by atoms with E-state index in [1.165, 1.54) is 29.0 Å². The molecule has 1 atom stereocenters. The van der Waals surface area contributed by atoms with Gasteiger partial charge in [-0.25, -0.2) is 9.18 Å². The average Bonchev–Trinajstić information content (AvgIpc) is 3.06. The van der Waals surface area contributed by atoms with Crippen LogP contribution in [0.2, 0.25) is 0 Å². The minimum atomic E-state index is -0.533. The van der Waals surface area contributed by atoms with E-state index in [1.807, 2.05) is 17.0 Å². The lowest BCUT2D eigenvalue weighted by Crippen LogP contribution is -2.33. The van der Waals surface area contributed by atoms with E-state index >= 15 is 0 Å². The number of nitrogens with one attached hydrogen (secondary N) is 1. The summed E-state index contributed by atoms with van der Waals surface area (Å²) in [4.78, 5) is 26.6. The van der Waals surface area contributed by atoms with Gasteiger partial charge in [0, 0.05) is 20.0 Å². The number of benzene rings is 2. The van der Waals surface area contributed by atoms with Crippen LogP contribution in [0.1, 0.15) is 18.1 Å². The summed E-state index contributed by atoms with van der Waals surface area (Å²) in [6.45, 7) is 3.33. The van der Waals surface area contributed by atoms with Gasteiger partial charge in [-0.2, -0.15) is 0 Å². The quantitative estimate of drug-likeness (QED) is 0.882. The molecule has 0 saturated carbocycles. The fraction of sp³-hybridized carbons (Fsp3) is 0.333. The molecule has 2 aromatic rings. The number of hydrogen-bond donors (Lipinski definition) is 1. The molecular weight excluding hydrogens is 361 g/mol. The summed E-state index contributed by atoms with van der Waals surface area (Å²) in [5.74, 6) is -0.553. The maximum atomic E-state index is 14.9. The van der Waals surface area contributed by atoms with Gasteiger partial charge in [-0.1, -0.05) is 24.3 Å². The van der Waals surface area contributed by atoms with Gasteiger partial charge in [-0.3, -0.25) is 9.69 Å². The van der Waals surface area contributed by atoms with E-state index in [9.17, 15) is 14.0 Å². The summed E-state index contributed by atoms with van der Waals surface area (Å²) in [6.07, 6.45) is -0.104. The molecule has 0 aromatic heterocycles. The number of anilines is 2. The van der Waals surface area contributed by atoms with Crippen LogP contribution in [0, 0.1) is 5.82 Å². The van der Waals surface area contributed by atoms with Crippen molar-refractivity contribution in [2.75, 3.05) is 29.4 Å². The zero-order valence-electron chi connectivity index (χ0n) is 15.7. The minimum absolute atomic E-state index is 0.187. The molecule has 2 amide bonds. The highest BCUT2D eigenvalue weighted by Crippen LogP contribution is 2.30. The van der Waals surface area contributed by atoms with Crippen molar-refractivity contribution in [2.45, 2.75) is 26.0 Å². The summed E-state index contributed by atoms with van der Waals surface area (Å²) in [5.41, 5.74) is 3.50. The molecule has 0 bridgehead atoms. The third kappa shape index (κ3) is 3.65. The zero-order chi connectivity index (χ0) is 19.7. The lowest BCUT2D eigenvalue weighted by molar-refractivity contribution is -0.119. The Hall–Kier alpha value is -3.09. The van der Waals surface area contributed by atoms with Gasteiger partial charge < -0.3 is 15.0 Å². The average molecular weight is 383 g/mol. The van der Waals surface area contributed by atoms with Gasteiger partial charge in [-0.15, -0.1) is 0 Å². The van der Waals surface area contributed by atoms with Crippen LogP contribution < -0.4 is 15.1 Å². The van der Waals surface area contributed by atoms with Crippen LogP contribution >= 0.6 is 0 Å². The molecule has 2 aliphatic rings. The fourth-order valence-corrected chi connectivity index (χ4v) is 3.72. The van der Waals surface area contributed by atoms with E-state index in [2.05, 4.69) is 17.4 Å². The number of cyclic esters (lactones) is 1. The van der Waals surface area contributed by atoms with E-state index in [-0.39, 0.29) is 24.8 Å². The summed E-state index contributed by atoms with van der Waals surface area (Å²) in [5, 5.41) is 2.63. The normalized spacial score (nSPS) is 18.6. The van der Waals surface area contributed by atoms with Crippen molar-refractivity contribution in [1.82, 2.24) is 5.32 Å². The van der Waals surface area contributed by atoms with Crippen molar-refractivity contribution in [1.29, 1.82) is 0 Å². The molecule has 7 heteroatoms. The molecule has 6 nitrogen and oxygen atoms in total. The van der Waals surface area contributed by atoms with Crippen molar-refractivity contribution >= 4 is 23.4 Å². The van der Waals surface area contributed by atoms with E-state index in [1.54, 1.807) is 12.1 Å². The van der Waals surface area contributed by atoms with E-state index in [0.29, 0.717) is 17.9 Å². The number of ether oxygens (including phenoxy) is 1. The molecule has 146 valence electrons. The predicted octanol–water partition coefficient (Wildman–Crippen LogP) is 2.85. The van der Waals surface area contributed by atoms with Crippen LogP contribution in [0.3, 0.4) is 0 Å². The molecule has 2 aliphatic heterocycles. The lowest BCUT2D eigenvalue weighted by Gasteiger charge is -2.31. The van der Waals surface area contributed by atoms with E-state index in [0.717, 1.165) is 13.0 Å². The zero-order valence-corrected chi connectivity index (χ0v) is 15.7. The molecule has 0 radical (unpaired) electrons. The molecule has 1 fully saturated rings. The first-order chi connectivity index (χ1) is 13.5. The summed E-state index contributed by atoms with van der Waals surface area (Å²) in [7, 11) is 0. The van der Waals surface area contributed by atoms with Crippen LogP contribution in [0.5, 0.6) is 0 Å². The first-order valence-electron chi connectivity index (χ1n) is 9.35. The number of rotatable bonds is 4. The Kier molecular flexibility index (Phi) is 4.90. The Morgan fingerprint density at radius 2 is 2.04 bits per heavy atom. The largest absolute Gasteiger partial charge is 0.442 e. The van der Waals surface area contributed by atoms with Gasteiger partial charge in [0.15, 0.2) is 0 Å². The minimum Gasteiger partial charge on any atom is -0.442 e. The van der Waals surface area contributed by atoms with Crippen molar-refractivity contribution in [3.05, 3.63) is 59.4 Å². The third-order valence-electron chi connectivity index (χ3n) is 5.17. The standard InChI is InChI=1S/C21H22FN3O3/c1-14(26)23-11-18-13-25(21(27)28-18)17-6-7-20(19(22)10-17)24-9-8-15-4-2-3-5-16(15)12-24/h2-7,10,18H,8-9,11-13H2,1H3,(H,23,26). The topological polar surface area (TPSA) is 61.9 Å². The Balaban J connectivity index is 1.48. The number of fused-ring (bicyclic) bond motifs is 1. The number of hydrogen-bond acceptors (Lipinski definition) is 4. The Bertz CT molecular complexity index is 918. The summed E-state index contributed by atoms with van der Waals surface area (Å²) >= 11 is 0. The second-order valence-corrected chi connectivity index (χ2v) is 7.13. The third-order valence-corrected chi connectivity index (χ3v) is 5.17. The molecule has 2 heterocycles. The molecule has 28 heavy (non-hydrogen) atoms. The molecule has 0 aliphatic carbocycles. The van der Waals surface area contributed by atoms with Crippen molar-refractivity contribution in [3.63, 3.8) is 0 Å². The number of carbonyl (C=O) groups excluding carboxylic acids is 2. The van der Waals surface area contributed by atoms with Gasteiger partial charge in [0.25, 0.3) is 0 Å². The summed E-state index contributed by atoms with van der Waals surface area (Å²) < 4.78 is 20.1. The first kappa shape index (κ1) is 18.3. The van der Waals surface area contributed by atoms with Crippen molar-refractivity contribution < 1.29 is 18.7 Å². The van der Waals surface area contributed by atoms with Crippen LogP contribution in [0.4, 0.5) is 20.6 Å². The highest BCUT2D eigenvalue weighted by Gasteiger charge is 2.33. The lowest BCUT2D eigenvalue weighted by atomic mass is 9.99. The molecule has 2 aromatic carbocycles. The maximum Gasteiger partial charge on any atom is 0.414 e. The smallest absolute Gasteiger partial charge is 0.414 e. The second-order valence-electron chi connectivity index (χ2n) is 7.13. The molecule has 1 unspecified atom stereocenters. The van der Waals surface area contributed by atoms with Gasteiger partial charge in [-0.05, 0) is 35.7 Å². The van der Waals surface area contributed by atoms with Gasteiger partial charge in [0.05, 0.1) is 24.5 Å². The first-order valence-corrected chi connectivity index (χ1v) is 9.35. The maximum absolute atomic E-state index is 14.9. The van der Waals surface area contributed by atoms with E-state index in [4.69, 9.17) is 4.74 Å². The Morgan fingerprint density at radius 3 is 2.79 bits per heavy atom. The predicted molar refractivity (Wildman–Crippen MR) is 104 cm³/mol. The van der Waals surface area contributed by atoms with Crippen LogP contribution in [0.25, 0.3) is 0 Å². The highest BCUT2D eigenvalue weighted by molar-refractivity contribution is 5.90. The SMILES string of the molecule is CC(=O)NCC1CN(c2ccc(N3CCc4ccccc4C3)c(F)c2)C(=O)O1. The Morgan fingerprint density at radius 1 is 1.25 bits per heavy atom. The molecule has 1 saturated heterocycles. The van der Waals surface area contributed by atoms with Crippen molar-refractivity contribution in [3.8, 4) is 0 Å².